The monoisotopic (exact) mass is 500 g/mol. The molecule has 4 aromatic rings. The van der Waals surface area contributed by atoms with Gasteiger partial charge in [-0.1, -0.05) is 35.5 Å². The molecule has 1 aliphatic rings. The summed E-state index contributed by atoms with van der Waals surface area (Å²) in [6.07, 6.45) is -0.950. The minimum atomic E-state index is -2.90. The summed E-state index contributed by atoms with van der Waals surface area (Å²) in [5, 5.41) is 15.5. The zero-order chi connectivity index (χ0) is 24.4. The van der Waals surface area contributed by atoms with Crippen molar-refractivity contribution in [3.05, 3.63) is 71.7 Å². The Morgan fingerprint density at radius 3 is 2.40 bits per heavy atom. The smallest absolute Gasteiger partial charge is 0.314 e. The molecule has 182 valence electrons. The lowest BCUT2D eigenvalue weighted by atomic mass is 10.1. The molecule has 3 heterocycles. The van der Waals surface area contributed by atoms with E-state index < -0.39 is 22.2 Å². The second-order valence-electron chi connectivity index (χ2n) is 8.37. The van der Waals surface area contributed by atoms with Gasteiger partial charge in [0.05, 0.1) is 24.2 Å². The SMILES string of the molecule is O=S1(=O)CCN(Cc2cccc(-c3cn(Cc4ccc(-c5nnc(C(F)F)o5)cc4)nn3)c2)CC1. The predicted molar refractivity (Wildman–Crippen MR) is 123 cm³/mol. The van der Waals surface area contributed by atoms with Crippen LogP contribution in [0.15, 0.2) is 59.1 Å². The van der Waals surface area contributed by atoms with Gasteiger partial charge in [0.1, 0.15) is 5.69 Å². The molecule has 1 fully saturated rings. The Labute approximate surface area is 200 Å². The first-order valence-corrected chi connectivity index (χ1v) is 12.8. The Morgan fingerprint density at radius 1 is 0.914 bits per heavy atom. The van der Waals surface area contributed by atoms with Crippen molar-refractivity contribution in [2.45, 2.75) is 19.5 Å². The molecule has 0 radical (unpaired) electrons. The van der Waals surface area contributed by atoms with Crippen molar-refractivity contribution in [2.75, 3.05) is 24.6 Å². The van der Waals surface area contributed by atoms with Crippen molar-refractivity contribution in [1.82, 2.24) is 30.1 Å². The van der Waals surface area contributed by atoms with Crippen LogP contribution in [0.5, 0.6) is 0 Å². The van der Waals surface area contributed by atoms with Gasteiger partial charge >= 0.3 is 6.43 Å². The van der Waals surface area contributed by atoms with Crippen LogP contribution in [-0.4, -0.2) is 63.1 Å². The predicted octanol–water partition coefficient (Wildman–Crippen LogP) is 3.21. The number of halogens is 2. The average molecular weight is 501 g/mol. The van der Waals surface area contributed by atoms with Crippen molar-refractivity contribution in [3.63, 3.8) is 0 Å². The second-order valence-corrected chi connectivity index (χ2v) is 10.7. The van der Waals surface area contributed by atoms with Crippen LogP contribution >= 0.6 is 0 Å². The molecule has 0 aliphatic carbocycles. The van der Waals surface area contributed by atoms with Crippen LogP contribution in [0.4, 0.5) is 8.78 Å². The fraction of sp³-hybridized carbons (Fsp3) is 0.304. The Kier molecular flexibility index (Phi) is 6.39. The first kappa shape index (κ1) is 23.2. The average Bonchev–Trinajstić information content (AvgIpc) is 3.52. The van der Waals surface area contributed by atoms with Gasteiger partial charge in [-0.05, 0) is 29.3 Å². The van der Waals surface area contributed by atoms with Crippen LogP contribution in [0.2, 0.25) is 0 Å². The number of alkyl halides is 2. The molecule has 1 saturated heterocycles. The summed E-state index contributed by atoms with van der Waals surface area (Å²) in [4.78, 5) is 2.14. The third kappa shape index (κ3) is 5.60. The molecule has 5 rings (SSSR count). The summed E-state index contributed by atoms with van der Waals surface area (Å²) >= 11 is 0. The third-order valence-electron chi connectivity index (χ3n) is 5.78. The molecule has 0 atom stereocenters. The molecule has 9 nitrogen and oxygen atoms in total. The van der Waals surface area contributed by atoms with Gasteiger partial charge in [0.2, 0.25) is 5.89 Å². The van der Waals surface area contributed by atoms with Crippen LogP contribution in [0, 0.1) is 0 Å². The fourth-order valence-corrected chi connectivity index (χ4v) is 5.16. The lowest BCUT2D eigenvalue weighted by Crippen LogP contribution is -2.39. The first-order chi connectivity index (χ1) is 16.8. The van der Waals surface area contributed by atoms with Gasteiger partial charge in [-0.3, -0.25) is 4.90 Å². The number of hydrogen-bond donors (Lipinski definition) is 0. The van der Waals surface area contributed by atoms with E-state index in [1.54, 1.807) is 16.8 Å². The lowest BCUT2D eigenvalue weighted by molar-refractivity contribution is 0.116. The van der Waals surface area contributed by atoms with Gasteiger partial charge in [-0.25, -0.2) is 13.1 Å². The minimum absolute atomic E-state index is 0.0425. The summed E-state index contributed by atoms with van der Waals surface area (Å²) in [5.74, 6) is -0.255. The number of sulfone groups is 1. The van der Waals surface area contributed by atoms with Gasteiger partial charge in [-0.2, -0.15) is 8.78 Å². The van der Waals surface area contributed by atoms with Crippen LogP contribution in [0.25, 0.3) is 22.7 Å². The maximum absolute atomic E-state index is 12.6. The van der Waals surface area contributed by atoms with Gasteiger partial charge in [-0.15, -0.1) is 15.3 Å². The molecular weight excluding hydrogens is 478 g/mol. The van der Waals surface area contributed by atoms with Crippen LogP contribution in [-0.2, 0) is 22.9 Å². The highest BCUT2D eigenvalue weighted by atomic mass is 32.2. The van der Waals surface area contributed by atoms with E-state index in [9.17, 15) is 17.2 Å². The van der Waals surface area contributed by atoms with Crippen molar-refractivity contribution in [1.29, 1.82) is 0 Å². The third-order valence-corrected chi connectivity index (χ3v) is 7.39. The van der Waals surface area contributed by atoms with E-state index in [-0.39, 0.29) is 17.4 Å². The molecule has 12 heteroatoms. The molecule has 0 spiro atoms. The maximum Gasteiger partial charge on any atom is 0.314 e. The highest BCUT2D eigenvalue weighted by Crippen LogP contribution is 2.24. The van der Waals surface area contributed by atoms with Crippen molar-refractivity contribution < 1.29 is 21.6 Å². The zero-order valence-electron chi connectivity index (χ0n) is 18.6. The molecule has 2 aromatic heterocycles. The molecule has 0 unspecified atom stereocenters. The Morgan fingerprint density at radius 2 is 1.69 bits per heavy atom. The van der Waals surface area contributed by atoms with Crippen LogP contribution < -0.4 is 0 Å². The van der Waals surface area contributed by atoms with E-state index in [4.69, 9.17) is 4.42 Å². The van der Waals surface area contributed by atoms with E-state index in [0.717, 1.165) is 22.4 Å². The molecule has 0 amide bonds. The molecule has 0 N–H and O–H groups in total. The maximum atomic E-state index is 12.6. The van der Waals surface area contributed by atoms with Gasteiger partial charge < -0.3 is 4.42 Å². The van der Waals surface area contributed by atoms with Crippen LogP contribution in [0.3, 0.4) is 0 Å². The number of benzene rings is 2. The van der Waals surface area contributed by atoms with E-state index in [2.05, 4.69) is 25.4 Å². The zero-order valence-corrected chi connectivity index (χ0v) is 19.4. The largest absolute Gasteiger partial charge is 0.415 e. The molecular formula is C23H22F2N6O3S. The summed E-state index contributed by atoms with van der Waals surface area (Å²) < 4.78 is 55.3. The number of rotatable bonds is 7. The highest BCUT2D eigenvalue weighted by molar-refractivity contribution is 7.91. The van der Waals surface area contributed by atoms with E-state index in [0.29, 0.717) is 31.7 Å². The van der Waals surface area contributed by atoms with Gasteiger partial charge in [0, 0.05) is 30.8 Å². The molecule has 1 aliphatic heterocycles. The summed E-state index contributed by atoms with van der Waals surface area (Å²) in [7, 11) is -2.90. The molecule has 35 heavy (non-hydrogen) atoms. The summed E-state index contributed by atoms with van der Waals surface area (Å²) in [5.41, 5.74) is 4.24. The van der Waals surface area contributed by atoms with Crippen molar-refractivity contribution in [3.8, 4) is 22.7 Å². The first-order valence-electron chi connectivity index (χ1n) is 11.0. The van der Waals surface area contributed by atoms with Crippen molar-refractivity contribution >= 4 is 9.84 Å². The fourth-order valence-electron chi connectivity index (χ4n) is 3.88. The standard InChI is InChI=1S/C23H22F2N6O3S/c24-21(25)23-28-27-22(34-23)18-6-4-16(5-7-18)14-31-15-20(26-29-31)19-3-1-2-17(12-19)13-30-8-10-35(32,33)11-9-30/h1-7,12,15,21H,8-11,13-14H2. The normalized spacial score (nSPS) is 16.1. The quantitative estimate of drug-likeness (QED) is 0.381. The number of hydrogen-bond acceptors (Lipinski definition) is 8. The number of nitrogens with zero attached hydrogens (tertiary/aromatic N) is 6. The van der Waals surface area contributed by atoms with Gasteiger partial charge in [0.15, 0.2) is 9.84 Å². The molecule has 0 bridgehead atoms. The summed E-state index contributed by atoms with van der Waals surface area (Å²) in [6.45, 7) is 2.24. The van der Waals surface area contributed by atoms with E-state index in [1.165, 1.54) is 0 Å². The van der Waals surface area contributed by atoms with Crippen LogP contribution in [0.1, 0.15) is 23.4 Å². The lowest BCUT2D eigenvalue weighted by Gasteiger charge is -2.26. The van der Waals surface area contributed by atoms with Crippen molar-refractivity contribution in [2.24, 2.45) is 0 Å². The minimum Gasteiger partial charge on any atom is -0.415 e. The Hall–Kier alpha value is -3.51. The molecule has 0 saturated carbocycles. The van der Waals surface area contributed by atoms with Gasteiger partial charge in [0.25, 0.3) is 5.89 Å². The Bertz CT molecular complexity index is 1410. The van der Waals surface area contributed by atoms with E-state index in [1.807, 2.05) is 42.6 Å². The summed E-state index contributed by atoms with van der Waals surface area (Å²) in [6, 6.07) is 15.1. The highest BCUT2D eigenvalue weighted by Gasteiger charge is 2.21. The number of aromatic nitrogens is 5. The topological polar surface area (TPSA) is 107 Å². The second kappa shape index (κ2) is 9.62. The molecule has 2 aromatic carbocycles. The Balaban J connectivity index is 1.23. The van der Waals surface area contributed by atoms with E-state index >= 15 is 0 Å².